The first kappa shape index (κ1) is 15.4. The highest BCUT2D eigenvalue weighted by Crippen LogP contribution is 2.35. The largest absolute Gasteiger partial charge is 0.393 e. The molecule has 0 saturated carbocycles. The third kappa shape index (κ3) is 2.75. The fourth-order valence-corrected chi connectivity index (χ4v) is 4.19. The number of aliphatic hydroxyl groups is 1. The molecule has 0 radical (unpaired) electrons. The number of aromatic nitrogens is 2. The lowest BCUT2D eigenvalue weighted by molar-refractivity contribution is 0.0543. The number of pyridine rings is 1. The summed E-state index contributed by atoms with van der Waals surface area (Å²) in [6, 6.07) is 4.48. The number of fused-ring (bicyclic) bond motifs is 3. The van der Waals surface area contributed by atoms with Crippen LogP contribution in [-0.2, 0) is 6.42 Å². The van der Waals surface area contributed by atoms with Gasteiger partial charge in [0, 0.05) is 37.4 Å². The number of aliphatic hydroxyl groups excluding tert-OH is 1. The quantitative estimate of drug-likeness (QED) is 0.904. The molecule has 2 unspecified atom stereocenters. The molecule has 0 aliphatic carbocycles. The second-order valence-electron chi connectivity index (χ2n) is 7.05. The molecule has 2 bridgehead atoms. The molecule has 128 valence electrons. The van der Waals surface area contributed by atoms with E-state index in [9.17, 15) is 9.90 Å². The second-order valence-corrected chi connectivity index (χ2v) is 7.05. The van der Waals surface area contributed by atoms with E-state index in [0.29, 0.717) is 6.54 Å². The van der Waals surface area contributed by atoms with E-state index in [1.165, 1.54) is 0 Å². The average Bonchev–Trinajstić information content (AvgIpc) is 3.07. The molecule has 2 aromatic heterocycles. The lowest BCUT2D eigenvalue weighted by Crippen LogP contribution is -2.52. The van der Waals surface area contributed by atoms with Gasteiger partial charge in [0.25, 0.3) is 0 Å². The van der Waals surface area contributed by atoms with Crippen LogP contribution >= 0.6 is 0 Å². The molecular formula is C18H24N4O2. The van der Waals surface area contributed by atoms with E-state index in [0.717, 1.165) is 49.0 Å². The molecule has 2 fully saturated rings. The number of hydrogen-bond acceptors (Lipinski definition) is 3. The van der Waals surface area contributed by atoms with Crippen molar-refractivity contribution in [1.82, 2.24) is 19.6 Å². The van der Waals surface area contributed by atoms with E-state index in [1.54, 1.807) is 0 Å². The van der Waals surface area contributed by atoms with Gasteiger partial charge in [0.15, 0.2) is 0 Å². The average molecular weight is 328 g/mol. The summed E-state index contributed by atoms with van der Waals surface area (Å²) in [7, 11) is 0. The van der Waals surface area contributed by atoms with Crippen molar-refractivity contribution in [3.05, 3.63) is 35.8 Å². The van der Waals surface area contributed by atoms with Crippen molar-refractivity contribution in [1.29, 1.82) is 0 Å². The molecule has 24 heavy (non-hydrogen) atoms. The highest BCUT2D eigenvalue weighted by atomic mass is 16.3. The number of carbonyl (C=O) groups is 1. The standard InChI is InChI=1S/C18H24N4O2/c1-12-3-2-8-21-11-13(20-17(12)21)6-7-19-18(24)22-14-4-5-15(22)10-16(23)9-14/h2-3,8,11,14-16,23H,4-7,9-10H2,1H3,(H,19,24). The zero-order chi connectivity index (χ0) is 16.7. The molecule has 6 heteroatoms. The third-order valence-corrected chi connectivity index (χ3v) is 5.33. The third-order valence-electron chi connectivity index (χ3n) is 5.33. The van der Waals surface area contributed by atoms with E-state index < -0.39 is 0 Å². The minimum Gasteiger partial charge on any atom is -0.393 e. The number of rotatable bonds is 3. The summed E-state index contributed by atoms with van der Waals surface area (Å²) in [4.78, 5) is 19.1. The lowest BCUT2D eigenvalue weighted by atomic mass is 10.0. The van der Waals surface area contributed by atoms with E-state index in [4.69, 9.17) is 0 Å². The van der Waals surface area contributed by atoms with Gasteiger partial charge in [0.05, 0.1) is 11.8 Å². The number of piperidine rings is 1. The molecule has 2 aliphatic rings. The number of carbonyl (C=O) groups excluding carboxylic acids is 1. The van der Waals surface area contributed by atoms with Crippen LogP contribution in [0.4, 0.5) is 4.79 Å². The Morgan fingerprint density at radius 3 is 2.83 bits per heavy atom. The summed E-state index contributed by atoms with van der Waals surface area (Å²) in [6.45, 7) is 2.63. The summed E-state index contributed by atoms with van der Waals surface area (Å²) in [5.74, 6) is 0. The number of hydrogen-bond donors (Lipinski definition) is 2. The van der Waals surface area contributed by atoms with Gasteiger partial charge in [-0.2, -0.15) is 0 Å². The number of urea groups is 1. The number of aryl methyl sites for hydroxylation is 1. The Morgan fingerprint density at radius 1 is 1.38 bits per heavy atom. The number of amides is 2. The van der Waals surface area contributed by atoms with Gasteiger partial charge in [-0.25, -0.2) is 9.78 Å². The maximum Gasteiger partial charge on any atom is 0.317 e. The Hall–Kier alpha value is -2.08. The van der Waals surface area contributed by atoms with Crippen molar-refractivity contribution >= 4 is 11.7 Å². The Kier molecular flexibility index (Phi) is 3.92. The number of nitrogens with one attached hydrogen (secondary N) is 1. The van der Waals surface area contributed by atoms with Gasteiger partial charge in [0.1, 0.15) is 5.65 Å². The Balaban J connectivity index is 1.35. The molecule has 2 N–H and O–H groups in total. The van der Waals surface area contributed by atoms with E-state index in [1.807, 2.05) is 27.8 Å². The summed E-state index contributed by atoms with van der Waals surface area (Å²) < 4.78 is 2.03. The van der Waals surface area contributed by atoms with Crippen molar-refractivity contribution in [2.75, 3.05) is 6.54 Å². The lowest BCUT2D eigenvalue weighted by Gasteiger charge is -2.37. The zero-order valence-electron chi connectivity index (χ0n) is 14.0. The number of imidazole rings is 1. The van der Waals surface area contributed by atoms with Crippen LogP contribution in [0.2, 0.25) is 0 Å². The summed E-state index contributed by atoms with van der Waals surface area (Å²) in [6.07, 6.45) is 7.96. The monoisotopic (exact) mass is 328 g/mol. The van der Waals surface area contributed by atoms with Crippen LogP contribution in [0.1, 0.15) is 36.9 Å². The Morgan fingerprint density at radius 2 is 2.12 bits per heavy atom. The van der Waals surface area contributed by atoms with Crippen LogP contribution in [0.15, 0.2) is 24.5 Å². The molecule has 0 spiro atoms. The van der Waals surface area contributed by atoms with Gasteiger partial charge in [-0.3, -0.25) is 0 Å². The molecule has 4 rings (SSSR count). The highest BCUT2D eigenvalue weighted by molar-refractivity contribution is 5.75. The molecule has 2 aliphatic heterocycles. The minimum absolute atomic E-state index is 0.00865. The predicted molar refractivity (Wildman–Crippen MR) is 90.9 cm³/mol. The van der Waals surface area contributed by atoms with Crippen molar-refractivity contribution in [3.8, 4) is 0 Å². The second kappa shape index (κ2) is 6.09. The molecule has 4 heterocycles. The van der Waals surface area contributed by atoms with Crippen molar-refractivity contribution in [2.24, 2.45) is 0 Å². The molecule has 2 saturated heterocycles. The van der Waals surface area contributed by atoms with Gasteiger partial charge in [-0.05, 0) is 44.2 Å². The van der Waals surface area contributed by atoms with Gasteiger partial charge in [-0.1, -0.05) is 6.07 Å². The van der Waals surface area contributed by atoms with Gasteiger partial charge in [0.2, 0.25) is 0 Å². The zero-order valence-corrected chi connectivity index (χ0v) is 14.0. The molecule has 6 nitrogen and oxygen atoms in total. The van der Waals surface area contributed by atoms with Crippen LogP contribution < -0.4 is 5.32 Å². The van der Waals surface area contributed by atoms with Crippen molar-refractivity contribution in [2.45, 2.75) is 57.2 Å². The van der Waals surface area contributed by atoms with Crippen LogP contribution in [0.5, 0.6) is 0 Å². The SMILES string of the molecule is Cc1cccn2cc(CCNC(=O)N3C4CCC3CC(O)C4)nc12. The van der Waals surface area contributed by atoms with Crippen molar-refractivity contribution < 1.29 is 9.90 Å². The fraction of sp³-hybridized carbons (Fsp3) is 0.556. The van der Waals surface area contributed by atoms with Gasteiger partial charge < -0.3 is 19.7 Å². The highest BCUT2D eigenvalue weighted by Gasteiger charge is 2.42. The van der Waals surface area contributed by atoms with Crippen LogP contribution in [0.3, 0.4) is 0 Å². The maximum absolute atomic E-state index is 12.5. The van der Waals surface area contributed by atoms with Crippen molar-refractivity contribution in [3.63, 3.8) is 0 Å². The topological polar surface area (TPSA) is 69.9 Å². The van der Waals surface area contributed by atoms with Crippen LogP contribution in [-0.4, -0.2) is 50.2 Å². The predicted octanol–water partition coefficient (Wildman–Crippen LogP) is 1.88. The summed E-state index contributed by atoms with van der Waals surface area (Å²) >= 11 is 0. The molecule has 2 amide bonds. The maximum atomic E-state index is 12.5. The van der Waals surface area contributed by atoms with Crippen LogP contribution in [0.25, 0.3) is 5.65 Å². The first-order valence-electron chi connectivity index (χ1n) is 8.79. The Bertz CT molecular complexity index is 743. The molecule has 0 aromatic carbocycles. The van der Waals surface area contributed by atoms with E-state index in [2.05, 4.69) is 23.3 Å². The number of nitrogens with zero attached hydrogens (tertiary/aromatic N) is 3. The summed E-state index contributed by atoms with van der Waals surface area (Å²) in [5, 5.41) is 12.9. The molecular weight excluding hydrogens is 304 g/mol. The summed E-state index contributed by atoms with van der Waals surface area (Å²) in [5.41, 5.74) is 3.11. The fourth-order valence-electron chi connectivity index (χ4n) is 4.19. The normalized spacial score (nSPS) is 26.1. The first-order valence-corrected chi connectivity index (χ1v) is 8.79. The van der Waals surface area contributed by atoms with Gasteiger partial charge in [-0.15, -0.1) is 0 Å². The van der Waals surface area contributed by atoms with Crippen LogP contribution in [0, 0.1) is 6.92 Å². The smallest absolute Gasteiger partial charge is 0.317 e. The Labute approximate surface area is 141 Å². The first-order chi connectivity index (χ1) is 11.6. The van der Waals surface area contributed by atoms with E-state index >= 15 is 0 Å². The van der Waals surface area contributed by atoms with E-state index in [-0.39, 0.29) is 24.2 Å². The molecule has 2 aromatic rings. The molecule has 2 atom stereocenters. The van der Waals surface area contributed by atoms with Gasteiger partial charge >= 0.3 is 6.03 Å². The minimum atomic E-state index is -0.243.